The van der Waals surface area contributed by atoms with E-state index in [9.17, 15) is 9.59 Å². The number of carbonyl (C=O) groups excluding carboxylic acids is 2. The van der Waals surface area contributed by atoms with Crippen molar-refractivity contribution in [2.24, 2.45) is 35.0 Å². The average molecular weight is 429 g/mol. The normalized spacial score (nSPS) is 37.2. The van der Waals surface area contributed by atoms with Crippen molar-refractivity contribution in [1.82, 2.24) is 0 Å². The number of hydrogen-bond acceptors (Lipinski definition) is 3. The summed E-state index contributed by atoms with van der Waals surface area (Å²) >= 11 is 0. The second-order valence-corrected chi connectivity index (χ2v) is 11.3. The molecule has 0 amide bonds. The largest absolute Gasteiger partial charge is 0.366 e. The van der Waals surface area contributed by atoms with Crippen LogP contribution in [0.25, 0.3) is 0 Å². The highest BCUT2D eigenvalue weighted by molar-refractivity contribution is 5.92. The fourth-order valence-electron chi connectivity index (χ4n) is 6.22. The van der Waals surface area contributed by atoms with Gasteiger partial charge in [-0.2, -0.15) is 0 Å². The smallest absolute Gasteiger partial charge is 0.165 e. The number of ether oxygens (including phenoxy) is 1. The fraction of sp³-hybridized carbons (Fsp3) is 0.786. The molecule has 2 heterocycles. The van der Waals surface area contributed by atoms with Gasteiger partial charge in [0.05, 0.1) is 6.10 Å². The Hall–Kier alpha value is -1.22. The van der Waals surface area contributed by atoms with Gasteiger partial charge in [-0.15, -0.1) is 0 Å². The molecule has 3 nitrogen and oxygen atoms in total. The Morgan fingerprint density at radius 3 is 2.52 bits per heavy atom. The third kappa shape index (κ3) is 5.59. The van der Waals surface area contributed by atoms with E-state index < -0.39 is 6.10 Å². The van der Waals surface area contributed by atoms with Gasteiger partial charge in [0.25, 0.3) is 0 Å². The van der Waals surface area contributed by atoms with Crippen LogP contribution in [-0.4, -0.2) is 23.8 Å². The fourth-order valence-corrected chi connectivity index (χ4v) is 6.22. The third-order valence-corrected chi connectivity index (χ3v) is 8.74. The van der Waals surface area contributed by atoms with Crippen LogP contribution < -0.4 is 0 Å². The third-order valence-electron chi connectivity index (χ3n) is 8.74. The molecule has 3 rings (SSSR count). The molecule has 31 heavy (non-hydrogen) atoms. The highest BCUT2D eigenvalue weighted by atomic mass is 16.5. The molecular weight excluding hydrogens is 384 g/mol. The number of allylic oxidation sites excluding steroid dienone is 4. The van der Waals surface area contributed by atoms with Gasteiger partial charge < -0.3 is 4.74 Å². The van der Waals surface area contributed by atoms with E-state index in [0.29, 0.717) is 30.1 Å². The van der Waals surface area contributed by atoms with E-state index in [4.69, 9.17) is 4.74 Å². The maximum Gasteiger partial charge on any atom is 0.165 e. The minimum absolute atomic E-state index is 0.000514. The number of rotatable bonds is 4. The maximum absolute atomic E-state index is 13.7. The van der Waals surface area contributed by atoms with E-state index in [1.165, 1.54) is 5.57 Å². The molecule has 1 saturated heterocycles. The number of ketones is 2. The maximum atomic E-state index is 13.7. The standard InChI is InChI=1S/C28H44O3/c1-18(2)20(4)10-11-21(5)24-13-14-25-27(30)26-17-22(29)16-23(31-26)12-9-19(3)8-7-15-28(24,25)6/h8,10-11,18,20-21,23-26H,7,9,12-17H2,1-6H3. The minimum Gasteiger partial charge on any atom is -0.366 e. The van der Waals surface area contributed by atoms with Crippen LogP contribution in [0.5, 0.6) is 0 Å². The quantitative estimate of drug-likeness (QED) is 0.467. The highest BCUT2D eigenvalue weighted by Crippen LogP contribution is 2.55. The molecule has 0 N–H and O–H groups in total. The van der Waals surface area contributed by atoms with E-state index in [1.807, 2.05) is 0 Å². The van der Waals surface area contributed by atoms with Gasteiger partial charge in [-0.1, -0.05) is 58.4 Å². The van der Waals surface area contributed by atoms with Gasteiger partial charge in [0, 0.05) is 18.8 Å². The lowest BCUT2D eigenvalue weighted by molar-refractivity contribution is -0.154. The summed E-state index contributed by atoms with van der Waals surface area (Å²) in [5, 5.41) is 0. The van der Waals surface area contributed by atoms with Crippen LogP contribution in [0.15, 0.2) is 23.8 Å². The van der Waals surface area contributed by atoms with Crippen LogP contribution in [0, 0.1) is 35.0 Å². The van der Waals surface area contributed by atoms with Crippen molar-refractivity contribution in [2.75, 3.05) is 0 Å². The predicted molar refractivity (Wildman–Crippen MR) is 127 cm³/mol. The first-order valence-electron chi connectivity index (χ1n) is 12.7. The van der Waals surface area contributed by atoms with Gasteiger partial charge in [-0.05, 0) is 74.5 Å². The summed E-state index contributed by atoms with van der Waals surface area (Å²) in [6, 6.07) is 0. The van der Waals surface area contributed by atoms with E-state index in [2.05, 4.69) is 59.8 Å². The Bertz CT molecular complexity index is 718. The lowest BCUT2D eigenvalue weighted by atomic mass is 9.64. The highest BCUT2D eigenvalue weighted by Gasteiger charge is 2.52. The van der Waals surface area contributed by atoms with Gasteiger partial charge in [0.15, 0.2) is 5.78 Å². The van der Waals surface area contributed by atoms with Crippen molar-refractivity contribution in [3.63, 3.8) is 0 Å². The zero-order chi connectivity index (χ0) is 22.8. The zero-order valence-electron chi connectivity index (χ0n) is 20.7. The summed E-state index contributed by atoms with van der Waals surface area (Å²) in [5.41, 5.74) is 1.34. The first-order chi connectivity index (χ1) is 14.6. The number of Topliss-reactive ketones (excluding diaryl/α,β-unsaturated/α-hetero) is 2. The molecule has 174 valence electrons. The average Bonchev–Trinajstić information content (AvgIpc) is 3.05. The van der Waals surface area contributed by atoms with E-state index in [-0.39, 0.29) is 35.4 Å². The molecule has 1 saturated carbocycles. The number of fused-ring (bicyclic) bond motifs is 3. The molecule has 0 aromatic carbocycles. The Morgan fingerprint density at radius 1 is 1.06 bits per heavy atom. The van der Waals surface area contributed by atoms with Gasteiger partial charge in [0.2, 0.25) is 0 Å². The summed E-state index contributed by atoms with van der Waals surface area (Å²) < 4.78 is 6.23. The lowest BCUT2D eigenvalue weighted by Gasteiger charge is -2.41. The van der Waals surface area contributed by atoms with E-state index in [0.717, 1.165) is 38.5 Å². The second kappa shape index (κ2) is 10.1. The summed E-state index contributed by atoms with van der Waals surface area (Å²) in [6.07, 6.45) is 13.2. The van der Waals surface area contributed by atoms with E-state index in [1.54, 1.807) is 0 Å². The van der Waals surface area contributed by atoms with Crippen LogP contribution in [0.1, 0.15) is 92.9 Å². The van der Waals surface area contributed by atoms with Crippen LogP contribution in [0.2, 0.25) is 0 Å². The van der Waals surface area contributed by atoms with Crippen molar-refractivity contribution < 1.29 is 14.3 Å². The van der Waals surface area contributed by atoms with Gasteiger partial charge in [-0.25, -0.2) is 0 Å². The zero-order valence-corrected chi connectivity index (χ0v) is 20.7. The van der Waals surface area contributed by atoms with Crippen LogP contribution >= 0.6 is 0 Å². The Balaban J connectivity index is 1.87. The molecule has 3 heteroatoms. The molecule has 0 aromatic heterocycles. The summed E-state index contributed by atoms with van der Waals surface area (Å²) in [4.78, 5) is 26.1. The summed E-state index contributed by atoms with van der Waals surface area (Å²) in [6.45, 7) is 13.7. The minimum atomic E-state index is -0.523. The first kappa shape index (κ1) is 24.4. The molecule has 2 bridgehead atoms. The molecule has 0 spiro atoms. The number of carbonyl (C=O) groups is 2. The van der Waals surface area contributed by atoms with Gasteiger partial charge in [0.1, 0.15) is 11.9 Å². The first-order valence-corrected chi connectivity index (χ1v) is 12.7. The van der Waals surface area contributed by atoms with Gasteiger partial charge >= 0.3 is 0 Å². The van der Waals surface area contributed by atoms with Crippen molar-refractivity contribution in [3.8, 4) is 0 Å². The van der Waals surface area contributed by atoms with Gasteiger partial charge in [-0.3, -0.25) is 9.59 Å². The summed E-state index contributed by atoms with van der Waals surface area (Å²) in [5.74, 6) is 2.54. The molecule has 1 aliphatic carbocycles. The molecule has 7 atom stereocenters. The Kier molecular flexibility index (Phi) is 8.00. The van der Waals surface area contributed by atoms with E-state index >= 15 is 0 Å². The van der Waals surface area contributed by atoms with Crippen LogP contribution in [-0.2, 0) is 14.3 Å². The SMILES string of the molecule is CC1=CCCC2(C)C(CCC2C(C)C=CC(C)C(C)C)C(=O)C2CC(=O)CC(CC1)O2. The van der Waals surface area contributed by atoms with Crippen molar-refractivity contribution in [1.29, 1.82) is 0 Å². The molecule has 2 aliphatic heterocycles. The molecule has 0 radical (unpaired) electrons. The summed E-state index contributed by atoms with van der Waals surface area (Å²) in [7, 11) is 0. The Labute approximate surface area is 190 Å². The molecule has 0 aromatic rings. The molecule has 2 fully saturated rings. The molecule has 7 unspecified atom stereocenters. The Morgan fingerprint density at radius 2 is 1.81 bits per heavy atom. The molecule has 3 aliphatic rings. The van der Waals surface area contributed by atoms with Crippen molar-refractivity contribution >= 4 is 11.6 Å². The van der Waals surface area contributed by atoms with Crippen molar-refractivity contribution in [3.05, 3.63) is 23.8 Å². The second-order valence-electron chi connectivity index (χ2n) is 11.3. The predicted octanol–water partition coefficient (Wildman–Crippen LogP) is 6.71. The van der Waals surface area contributed by atoms with Crippen LogP contribution in [0.3, 0.4) is 0 Å². The number of hydrogen-bond donors (Lipinski definition) is 0. The molecular formula is C28H44O3. The van der Waals surface area contributed by atoms with Crippen LogP contribution in [0.4, 0.5) is 0 Å². The topological polar surface area (TPSA) is 43.4 Å². The lowest BCUT2D eigenvalue weighted by Crippen LogP contribution is -2.45. The monoisotopic (exact) mass is 428 g/mol. The van der Waals surface area contributed by atoms with Crippen molar-refractivity contribution in [2.45, 2.75) is 105 Å².